The molecule has 4 atom stereocenters. The molecule has 3 heterocycles. The van der Waals surface area contributed by atoms with E-state index in [-0.39, 0.29) is 49.8 Å². The van der Waals surface area contributed by atoms with Crippen molar-refractivity contribution in [1.29, 1.82) is 0 Å². The summed E-state index contributed by atoms with van der Waals surface area (Å²) in [4.78, 5) is 62.7. The summed E-state index contributed by atoms with van der Waals surface area (Å²) in [6.45, 7) is 8.90. The van der Waals surface area contributed by atoms with Crippen molar-refractivity contribution in [3.8, 4) is 23.0 Å². The van der Waals surface area contributed by atoms with E-state index < -0.39 is 36.0 Å². The van der Waals surface area contributed by atoms with Crippen LogP contribution in [0.5, 0.6) is 23.0 Å². The molecule has 0 saturated heterocycles. The smallest absolute Gasteiger partial charge is 0.245 e. The topological polar surface area (TPSA) is 249 Å². The molecule has 0 saturated carbocycles. The molecular formula is C48H72N12O8. The van der Waals surface area contributed by atoms with Crippen LogP contribution in [0.1, 0.15) is 114 Å². The Labute approximate surface area is 399 Å². The largest absolute Gasteiger partial charge is 0.497 e. The lowest BCUT2D eigenvalue weighted by molar-refractivity contribution is -0.138. The zero-order chi connectivity index (χ0) is 49.3. The Hall–Kier alpha value is -6.28. The van der Waals surface area contributed by atoms with Crippen LogP contribution in [0.3, 0.4) is 0 Å². The fourth-order valence-corrected chi connectivity index (χ4v) is 8.31. The molecule has 4 bridgehead atoms. The molecule has 5 rings (SSSR count). The molecule has 0 aliphatic carbocycles. The maximum Gasteiger partial charge on any atom is 0.245 e. The van der Waals surface area contributed by atoms with Crippen molar-refractivity contribution in [2.24, 2.45) is 23.3 Å². The van der Waals surface area contributed by atoms with Gasteiger partial charge in [-0.1, -0.05) is 38.1 Å². The van der Waals surface area contributed by atoms with E-state index in [4.69, 9.17) is 30.4 Å². The molecule has 20 nitrogen and oxygen atoms in total. The van der Waals surface area contributed by atoms with Crippen LogP contribution in [0.2, 0.25) is 0 Å². The van der Waals surface area contributed by atoms with Crippen molar-refractivity contribution in [1.82, 2.24) is 50.4 Å². The van der Waals surface area contributed by atoms with Crippen LogP contribution in [0.25, 0.3) is 0 Å². The number of hydrogen-bond acceptors (Lipinski definition) is 14. The number of nitrogens with one attached hydrogen (secondary N) is 2. The summed E-state index contributed by atoms with van der Waals surface area (Å²) in [5.74, 6) is 0.672. The summed E-state index contributed by atoms with van der Waals surface area (Å²) in [5.41, 5.74) is 14.0. The van der Waals surface area contributed by atoms with Gasteiger partial charge in [0.05, 0.1) is 53.9 Å². The van der Waals surface area contributed by atoms with Gasteiger partial charge < -0.3 is 50.8 Å². The zero-order valence-electron chi connectivity index (χ0n) is 41.0. The number of methoxy groups -OCH3 is 4. The van der Waals surface area contributed by atoms with Gasteiger partial charge in [-0.2, -0.15) is 0 Å². The van der Waals surface area contributed by atoms with E-state index in [9.17, 15) is 9.59 Å². The maximum absolute atomic E-state index is 15.1. The van der Waals surface area contributed by atoms with Crippen LogP contribution < -0.4 is 41.0 Å². The van der Waals surface area contributed by atoms with Crippen molar-refractivity contribution in [2.45, 2.75) is 129 Å². The Balaban J connectivity index is 1.66. The molecule has 1 aliphatic heterocycles. The van der Waals surface area contributed by atoms with E-state index in [0.29, 0.717) is 110 Å². The lowest BCUT2D eigenvalue weighted by Gasteiger charge is -2.30. The van der Waals surface area contributed by atoms with Gasteiger partial charge in [0.1, 0.15) is 58.6 Å². The molecule has 4 amide bonds. The first-order valence-electron chi connectivity index (χ1n) is 23.5. The van der Waals surface area contributed by atoms with Crippen LogP contribution in [-0.2, 0) is 45.4 Å². The molecule has 0 spiro atoms. The van der Waals surface area contributed by atoms with E-state index >= 15 is 9.59 Å². The highest BCUT2D eigenvalue weighted by molar-refractivity contribution is 5.90. The molecule has 372 valence electrons. The van der Waals surface area contributed by atoms with E-state index in [2.05, 4.69) is 31.3 Å². The molecule has 4 aromatic rings. The number of ether oxygens (including phenoxy) is 4. The molecule has 68 heavy (non-hydrogen) atoms. The number of unbranched alkanes of at least 4 members (excludes halogenated alkanes) is 2. The van der Waals surface area contributed by atoms with Gasteiger partial charge in [-0.15, -0.1) is 10.2 Å². The predicted octanol–water partition coefficient (Wildman–Crippen LogP) is 4.08. The van der Waals surface area contributed by atoms with Gasteiger partial charge in [0, 0.05) is 36.3 Å². The Morgan fingerprint density at radius 3 is 1.34 bits per heavy atom. The first-order chi connectivity index (χ1) is 32.7. The highest BCUT2D eigenvalue weighted by Gasteiger charge is 2.35. The van der Waals surface area contributed by atoms with Crippen molar-refractivity contribution in [3.05, 3.63) is 71.3 Å². The molecule has 2 aromatic carbocycles. The number of carbonyl (C=O) groups excluding carboxylic acids is 4. The van der Waals surface area contributed by atoms with Gasteiger partial charge in [0.15, 0.2) is 0 Å². The van der Waals surface area contributed by atoms with Gasteiger partial charge in [-0.05, 0) is 101 Å². The first-order valence-corrected chi connectivity index (χ1v) is 23.5. The number of amides is 4. The standard InChI is InChI=1S/C48H72N12O8/c1-31(2)21-41-45(61)51-39(13-9-11-19-49)47(63)58(26-34-16-18-38(66-6)24-44(34)68-8)28-36-30-60(56-54-36)42(22-32(3)4)46(62)52-40(14-10-12-20-50)48(64)57(27-35-29-59(41)55-53-35)25-33-15-17-37(65-5)23-43(33)67-7/h15-18,23-24,29-32,39-42H,9-14,19-22,25-28,49-50H2,1-8H3,(H,51,61)(H,52,62)/t39-,40-,41+,42+/m0/s1. The summed E-state index contributed by atoms with van der Waals surface area (Å²) in [5, 5.41) is 24.1. The zero-order valence-corrected chi connectivity index (χ0v) is 41.0. The highest BCUT2D eigenvalue weighted by Crippen LogP contribution is 2.30. The fourth-order valence-electron chi connectivity index (χ4n) is 8.31. The second kappa shape index (κ2) is 25.7. The van der Waals surface area contributed by atoms with Gasteiger partial charge in [0.25, 0.3) is 0 Å². The van der Waals surface area contributed by atoms with E-state index in [1.165, 1.54) is 9.36 Å². The Kier molecular flexibility index (Phi) is 19.9. The number of aromatic nitrogens is 6. The lowest BCUT2D eigenvalue weighted by Crippen LogP contribution is -2.50. The van der Waals surface area contributed by atoms with Gasteiger partial charge in [0.2, 0.25) is 23.6 Å². The second-order valence-electron chi connectivity index (χ2n) is 18.1. The van der Waals surface area contributed by atoms with Crippen LogP contribution >= 0.6 is 0 Å². The van der Waals surface area contributed by atoms with Crippen molar-refractivity contribution >= 4 is 23.6 Å². The molecule has 0 unspecified atom stereocenters. The summed E-state index contributed by atoms with van der Waals surface area (Å²) < 4.78 is 25.4. The Morgan fingerprint density at radius 1 is 0.603 bits per heavy atom. The number of carbonyl (C=O) groups is 4. The summed E-state index contributed by atoms with van der Waals surface area (Å²) in [6, 6.07) is 7.02. The maximum atomic E-state index is 15.1. The number of nitrogens with two attached hydrogens (primary N) is 2. The third-order valence-corrected chi connectivity index (χ3v) is 11.9. The quantitative estimate of drug-likeness (QED) is 0.0913. The minimum absolute atomic E-state index is 0.0286. The lowest BCUT2D eigenvalue weighted by atomic mass is 10.0. The molecule has 20 heteroatoms. The van der Waals surface area contributed by atoms with E-state index in [1.807, 2.05) is 39.8 Å². The molecular weight excluding hydrogens is 873 g/mol. The highest BCUT2D eigenvalue weighted by atomic mass is 16.5. The molecule has 2 aromatic heterocycles. The van der Waals surface area contributed by atoms with Crippen molar-refractivity contribution in [3.63, 3.8) is 0 Å². The van der Waals surface area contributed by atoms with Crippen molar-refractivity contribution in [2.75, 3.05) is 41.5 Å². The molecule has 6 N–H and O–H groups in total. The molecule has 1 aliphatic rings. The van der Waals surface area contributed by atoms with E-state index in [1.54, 1.807) is 74.9 Å². The van der Waals surface area contributed by atoms with Crippen LogP contribution in [0, 0.1) is 11.8 Å². The minimum Gasteiger partial charge on any atom is -0.497 e. The monoisotopic (exact) mass is 945 g/mol. The van der Waals surface area contributed by atoms with E-state index in [0.717, 1.165) is 0 Å². The summed E-state index contributed by atoms with van der Waals surface area (Å²) >= 11 is 0. The average molecular weight is 945 g/mol. The summed E-state index contributed by atoms with van der Waals surface area (Å²) in [7, 11) is 6.20. The SMILES string of the molecule is COc1ccc(CN2Cc3cn(nn3)[C@H](CC(C)C)C(=O)N[C@@H](CCCCN)C(=O)N(Cc3ccc(OC)cc3OC)Cc3cn(nn3)[C@H](CC(C)C)C(=O)N[C@@H](CCCCN)C2=O)c(OC)c1. The summed E-state index contributed by atoms with van der Waals surface area (Å²) in [6.07, 6.45) is 7.05. The average Bonchev–Trinajstić information content (AvgIpc) is 4.00. The third-order valence-electron chi connectivity index (χ3n) is 11.9. The van der Waals surface area contributed by atoms with Crippen LogP contribution in [-0.4, -0.2) is 117 Å². The fraction of sp³-hybridized carbons (Fsp3) is 0.583. The predicted molar refractivity (Wildman–Crippen MR) is 254 cm³/mol. The van der Waals surface area contributed by atoms with Crippen LogP contribution in [0.15, 0.2) is 48.8 Å². The number of hydrogen-bond donors (Lipinski definition) is 4. The minimum atomic E-state index is -0.972. The Bertz CT molecular complexity index is 2110. The second-order valence-corrected chi connectivity index (χ2v) is 18.1. The normalized spacial score (nSPS) is 18.7. The molecule has 0 radical (unpaired) electrons. The first kappa shape index (κ1) is 52.7. The number of fused-ring (bicyclic) bond motifs is 4. The Morgan fingerprint density at radius 2 is 1.00 bits per heavy atom. The van der Waals surface area contributed by atoms with Gasteiger partial charge in [-0.3, -0.25) is 19.2 Å². The van der Waals surface area contributed by atoms with Crippen LogP contribution in [0.4, 0.5) is 0 Å². The van der Waals surface area contributed by atoms with Gasteiger partial charge >= 0.3 is 0 Å². The van der Waals surface area contributed by atoms with Gasteiger partial charge in [-0.25, -0.2) is 9.36 Å². The molecule has 0 fully saturated rings. The number of benzene rings is 2. The van der Waals surface area contributed by atoms with Crippen molar-refractivity contribution < 1.29 is 38.1 Å². The third kappa shape index (κ3) is 14.4. The number of nitrogens with zero attached hydrogens (tertiary/aromatic N) is 8. The number of rotatable bonds is 20.